The van der Waals surface area contributed by atoms with E-state index in [1.165, 1.54) is 37.9 Å². The van der Waals surface area contributed by atoms with Gasteiger partial charge in [-0.1, -0.05) is 6.42 Å². The number of hydrogen-bond donors (Lipinski definition) is 1. The second-order valence-electron chi connectivity index (χ2n) is 5.67. The molecule has 1 N–H and O–H groups in total. The highest BCUT2D eigenvalue weighted by Gasteiger charge is 2.37. The fraction of sp³-hybridized carbons (Fsp3) is 0.714. The van der Waals surface area contributed by atoms with Crippen LogP contribution in [0.25, 0.3) is 0 Å². The number of anilines is 2. The molecule has 2 atom stereocenters. The molecule has 4 nitrogen and oxygen atoms in total. The Balaban J connectivity index is 1.90. The summed E-state index contributed by atoms with van der Waals surface area (Å²) in [6, 6.07) is 0. The summed E-state index contributed by atoms with van der Waals surface area (Å²) >= 11 is 0. The maximum atomic E-state index is 4.67. The molecule has 2 aliphatic rings. The number of nitrogens with zero attached hydrogens (tertiary/aromatic N) is 3. The highest BCUT2D eigenvalue weighted by Crippen LogP contribution is 2.40. The van der Waals surface area contributed by atoms with Crippen molar-refractivity contribution in [2.45, 2.75) is 33.1 Å². The second kappa shape index (κ2) is 4.41. The van der Waals surface area contributed by atoms with Gasteiger partial charge >= 0.3 is 0 Å². The molecule has 1 saturated heterocycles. The maximum Gasteiger partial charge on any atom is 0.137 e. The van der Waals surface area contributed by atoms with Crippen LogP contribution in [0.2, 0.25) is 0 Å². The highest BCUT2D eigenvalue weighted by atomic mass is 15.2. The lowest BCUT2D eigenvalue weighted by Gasteiger charge is -2.22. The van der Waals surface area contributed by atoms with Crippen LogP contribution in [0.4, 0.5) is 11.6 Å². The second-order valence-corrected chi connectivity index (χ2v) is 5.67. The Morgan fingerprint density at radius 3 is 2.39 bits per heavy atom. The third-order valence-electron chi connectivity index (χ3n) is 4.49. The number of fused-ring (bicyclic) bond motifs is 1. The summed E-state index contributed by atoms with van der Waals surface area (Å²) in [5.74, 6) is 4.77. The first-order chi connectivity index (χ1) is 8.69. The van der Waals surface area contributed by atoms with Gasteiger partial charge in [0.2, 0.25) is 0 Å². The van der Waals surface area contributed by atoms with Gasteiger partial charge in [0.25, 0.3) is 0 Å². The van der Waals surface area contributed by atoms with Crippen molar-refractivity contribution in [3.8, 4) is 0 Å². The van der Waals surface area contributed by atoms with Gasteiger partial charge < -0.3 is 10.2 Å². The zero-order chi connectivity index (χ0) is 12.7. The minimum Gasteiger partial charge on any atom is -0.373 e. The lowest BCUT2D eigenvalue weighted by atomic mass is 10.0. The van der Waals surface area contributed by atoms with E-state index in [1.807, 2.05) is 14.0 Å². The molecular weight excluding hydrogens is 224 g/mol. The molecule has 2 heterocycles. The first-order valence-corrected chi connectivity index (χ1v) is 6.97. The van der Waals surface area contributed by atoms with Crippen LogP contribution in [0, 0.1) is 25.7 Å². The largest absolute Gasteiger partial charge is 0.373 e. The van der Waals surface area contributed by atoms with Crippen molar-refractivity contribution in [3.63, 3.8) is 0 Å². The average molecular weight is 246 g/mol. The fourth-order valence-electron chi connectivity index (χ4n) is 3.57. The first-order valence-electron chi connectivity index (χ1n) is 6.97. The number of aromatic nitrogens is 2. The van der Waals surface area contributed by atoms with Crippen LogP contribution >= 0.6 is 0 Å². The lowest BCUT2D eigenvalue weighted by Crippen LogP contribution is -2.24. The monoisotopic (exact) mass is 246 g/mol. The summed E-state index contributed by atoms with van der Waals surface area (Å²) in [6.45, 7) is 6.46. The average Bonchev–Trinajstić information content (AvgIpc) is 2.92. The van der Waals surface area contributed by atoms with Crippen LogP contribution < -0.4 is 10.2 Å². The van der Waals surface area contributed by atoms with E-state index in [4.69, 9.17) is 0 Å². The van der Waals surface area contributed by atoms with E-state index in [9.17, 15) is 0 Å². The molecule has 1 aromatic heterocycles. The van der Waals surface area contributed by atoms with Crippen molar-refractivity contribution in [2.75, 3.05) is 30.4 Å². The van der Waals surface area contributed by atoms with Crippen LogP contribution in [0.1, 0.15) is 30.7 Å². The molecule has 3 rings (SSSR count). The first kappa shape index (κ1) is 11.8. The minimum atomic E-state index is 0.858. The van der Waals surface area contributed by atoms with Crippen LogP contribution in [-0.2, 0) is 0 Å². The van der Waals surface area contributed by atoms with E-state index in [2.05, 4.69) is 27.1 Å². The lowest BCUT2D eigenvalue weighted by molar-refractivity contribution is 0.494. The summed E-state index contributed by atoms with van der Waals surface area (Å²) in [5.41, 5.74) is 1.18. The van der Waals surface area contributed by atoms with Crippen LogP contribution in [0.15, 0.2) is 0 Å². The molecule has 4 heteroatoms. The van der Waals surface area contributed by atoms with E-state index < -0.39 is 0 Å². The van der Waals surface area contributed by atoms with Crippen LogP contribution in [-0.4, -0.2) is 30.1 Å². The van der Waals surface area contributed by atoms with Crippen molar-refractivity contribution >= 4 is 11.6 Å². The predicted octanol–water partition coefficient (Wildman–Crippen LogP) is 2.37. The Hall–Kier alpha value is -1.32. The van der Waals surface area contributed by atoms with Gasteiger partial charge in [-0.2, -0.15) is 0 Å². The Kier molecular flexibility index (Phi) is 2.88. The molecular formula is C14H22N4. The summed E-state index contributed by atoms with van der Waals surface area (Å²) in [4.78, 5) is 11.6. The van der Waals surface area contributed by atoms with Crippen LogP contribution in [0.5, 0.6) is 0 Å². The number of rotatable bonds is 2. The van der Waals surface area contributed by atoms with Crippen molar-refractivity contribution in [3.05, 3.63) is 11.4 Å². The van der Waals surface area contributed by atoms with Crippen molar-refractivity contribution < 1.29 is 0 Å². The van der Waals surface area contributed by atoms with Gasteiger partial charge in [-0.15, -0.1) is 0 Å². The summed E-state index contributed by atoms with van der Waals surface area (Å²) in [6.07, 6.45) is 4.24. The van der Waals surface area contributed by atoms with Gasteiger partial charge in [0, 0.05) is 25.7 Å². The van der Waals surface area contributed by atoms with Gasteiger partial charge in [-0.05, 0) is 38.5 Å². The smallest absolute Gasteiger partial charge is 0.137 e. The summed E-state index contributed by atoms with van der Waals surface area (Å²) in [5, 5.41) is 3.17. The predicted molar refractivity (Wildman–Crippen MR) is 74.1 cm³/mol. The number of hydrogen-bond acceptors (Lipinski definition) is 4. The standard InChI is InChI=1S/C14H22N4/c1-9-13(15-3)16-10(2)17-14(9)18-7-11-5-4-6-12(11)8-18/h11-12H,4-8H2,1-3H3,(H,15,16,17). The van der Waals surface area contributed by atoms with Gasteiger partial charge in [-0.25, -0.2) is 9.97 Å². The molecule has 1 saturated carbocycles. The van der Waals surface area contributed by atoms with E-state index in [1.54, 1.807) is 0 Å². The zero-order valence-corrected chi connectivity index (χ0v) is 11.5. The molecule has 0 bridgehead atoms. The van der Waals surface area contributed by atoms with Gasteiger partial charge in [-0.3, -0.25) is 0 Å². The number of aryl methyl sites for hydroxylation is 1. The van der Waals surface area contributed by atoms with Crippen molar-refractivity contribution in [1.29, 1.82) is 0 Å². The van der Waals surface area contributed by atoms with Gasteiger partial charge in [0.1, 0.15) is 17.5 Å². The molecule has 18 heavy (non-hydrogen) atoms. The van der Waals surface area contributed by atoms with E-state index >= 15 is 0 Å². The molecule has 1 aromatic rings. The topological polar surface area (TPSA) is 41.1 Å². The highest BCUT2D eigenvalue weighted by molar-refractivity contribution is 5.59. The summed E-state index contributed by atoms with van der Waals surface area (Å²) in [7, 11) is 1.93. The Morgan fingerprint density at radius 2 is 1.78 bits per heavy atom. The van der Waals surface area contributed by atoms with E-state index in [0.717, 1.165) is 29.3 Å². The normalized spacial score (nSPS) is 26.5. The zero-order valence-electron chi connectivity index (χ0n) is 11.5. The molecule has 1 aliphatic carbocycles. The quantitative estimate of drug-likeness (QED) is 0.870. The summed E-state index contributed by atoms with van der Waals surface area (Å²) < 4.78 is 0. The molecule has 2 fully saturated rings. The van der Waals surface area contributed by atoms with Gasteiger partial charge in [0.05, 0.1) is 0 Å². The third kappa shape index (κ3) is 1.84. The van der Waals surface area contributed by atoms with Crippen LogP contribution in [0.3, 0.4) is 0 Å². The maximum absolute atomic E-state index is 4.67. The van der Waals surface area contributed by atoms with E-state index in [0.29, 0.717) is 0 Å². The van der Waals surface area contributed by atoms with E-state index in [-0.39, 0.29) is 0 Å². The Bertz CT molecular complexity index is 445. The Labute approximate surface area is 109 Å². The fourth-order valence-corrected chi connectivity index (χ4v) is 3.57. The number of nitrogens with one attached hydrogen (secondary N) is 1. The third-order valence-corrected chi connectivity index (χ3v) is 4.49. The molecule has 98 valence electrons. The van der Waals surface area contributed by atoms with Gasteiger partial charge in [0.15, 0.2) is 0 Å². The molecule has 2 unspecified atom stereocenters. The molecule has 0 radical (unpaired) electrons. The molecule has 0 spiro atoms. The minimum absolute atomic E-state index is 0.858. The Morgan fingerprint density at radius 1 is 1.11 bits per heavy atom. The molecule has 0 amide bonds. The molecule has 0 aromatic carbocycles. The molecule has 1 aliphatic heterocycles. The van der Waals surface area contributed by atoms with Crippen molar-refractivity contribution in [1.82, 2.24) is 9.97 Å². The van der Waals surface area contributed by atoms with Crippen molar-refractivity contribution in [2.24, 2.45) is 11.8 Å². The SMILES string of the molecule is CNc1nc(C)nc(N2CC3CCCC3C2)c1C.